The number of carbonyl (C=O) groups is 1. The van der Waals surface area contributed by atoms with Crippen LogP contribution in [-0.2, 0) is 27.7 Å². The number of nitrogens with zero attached hydrogens (tertiary/aromatic N) is 1. The number of sulfonamides is 1. The number of fused-ring (bicyclic) bond motifs is 2. The van der Waals surface area contributed by atoms with Gasteiger partial charge in [-0.1, -0.05) is 61.4 Å². The van der Waals surface area contributed by atoms with Crippen LogP contribution in [0.15, 0.2) is 87.2 Å². The lowest BCUT2D eigenvalue weighted by Crippen LogP contribution is -2.41. The fraction of sp³-hybridized carbons (Fsp3) is 0.353. The maximum absolute atomic E-state index is 13.5. The summed E-state index contributed by atoms with van der Waals surface area (Å²) in [7, 11) is -4.00. The molecule has 3 aromatic carbocycles. The second kappa shape index (κ2) is 12.0. The van der Waals surface area contributed by atoms with Crippen molar-refractivity contribution in [3.05, 3.63) is 101 Å². The maximum atomic E-state index is 13.5. The molecule has 2 heterocycles. The van der Waals surface area contributed by atoms with Crippen molar-refractivity contribution in [1.29, 1.82) is 0 Å². The lowest BCUT2D eigenvalue weighted by molar-refractivity contribution is -0.123. The predicted octanol–water partition coefficient (Wildman–Crippen LogP) is 5.98. The smallest absolute Gasteiger partial charge is 0.262 e. The van der Waals surface area contributed by atoms with E-state index in [0.717, 1.165) is 54.4 Å². The number of amides is 1. The largest absolute Gasteiger partial charge is 0.487 e. The third kappa shape index (κ3) is 6.24. The molecule has 9 heteroatoms. The third-order valence-electron chi connectivity index (χ3n) is 8.62. The molecule has 1 spiro atoms. The minimum Gasteiger partial charge on any atom is -0.487 e. The van der Waals surface area contributed by atoms with Crippen LogP contribution in [0.1, 0.15) is 73.7 Å². The van der Waals surface area contributed by atoms with Gasteiger partial charge in [0.2, 0.25) is 15.6 Å². The van der Waals surface area contributed by atoms with Gasteiger partial charge in [0.1, 0.15) is 23.0 Å². The van der Waals surface area contributed by atoms with Crippen LogP contribution in [0.5, 0.6) is 5.75 Å². The summed E-state index contributed by atoms with van der Waals surface area (Å²) in [5.41, 5.74) is 6.96. The number of nitrogens with one attached hydrogen (secondary N) is 2. The topological polar surface area (TPSA) is 110 Å². The zero-order valence-electron chi connectivity index (χ0n) is 24.6. The first kappa shape index (κ1) is 29.1. The Labute approximate surface area is 252 Å². The van der Waals surface area contributed by atoms with E-state index in [2.05, 4.69) is 28.2 Å². The minimum absolute atomic E-state index is 0.0708. The number of rotatable bonds is 7. The number of aryl methyl sites for hydroxylation is 3. The van der Waals surface area contributed by atoms with Crippen molar-refractivity contribution in [3.8, 4) is 5.75 Å². The zero-order chi connectivity index (χ0) is 30.0. The van der Waals surface area contributed by atoms with Crippen LogP contribution in [-0.4, -0.2) is 19.9 Å². The van der Waals surface area contributed by atoms with E-state index in [9.17, 15) is 13.2 Å². The molecule has 2 N–H and O–H groups in total. The van der Waals surface area contributed by atoms with Gasteiger partial charge in [-0.3, -0.25) is 4.79 Å². The van der Waals surface area contributed by atoms with E-state index in [1.54, 1.807) is 42.5 Å². The molecule has 4 aromatic rings. The van der Waals surface area contributed by atoms with Crippen molar-refractivity contribution < 1.29 is 22.4 Å². The Kier molecular flexibility index (Phi) is 8.11. The monoisotopic (exact) mass is 599 g/mol. The number of hydrogen-bond donors (Lipinski definition) is 2. The SMILES string of the molecule is CCc1c/c(=N\NC(=O)[C@H](NS(=O)(=O)c2ccc(C)cc2)c2ccccc2)oc2cc3c(cc12)CCC1(CCCCC1)O3. The van der Waals surface area contributed by atoms with E-state index in [1.165, 1.54) is 37.0 Å². The van der Waals surface area contributed by atoms with Crippen LogP contribution >= 0.6 is 0 Å². The average Bonchev–Trinajstić information content (AvgIpc) is 3.02. The second-order valence-electron chi connectivity index (χ2n) is 11.6. The molecule has 224 valence electrons. The molecule has 0 radical (unpaired) electrons. The molecule has 8 nitrogen and oxygen atoms in total. The summed E-state index contributed by atoms with van der Waals surface area (Å²) in [5.74, 6) is 0.227. The summed E-state index contributed by atoms with van der Waals surface area (Å²) in [6.07, 6.45) is 8.59. The molecule has 0 unspecified atom stereocenters. The van der Waals surface area contributed by atoms with Gasteiger partial charge in [0.05, 0.1) is 4.90 Å². The van der Waals surface area contributed by atoms with Crippen LogP contribution in [0.3, 0.4) is 0 Å². The van der Waals surface area contributed by atoms with Gasteiger partial charge in [-0.25, -0.2) is 13.8 Å². The first-order valence-electron chi connectivity index (χ1n) is 15.0. The summed E-state index contributed by atoms with van der Waals surface area (Å²) < 4.78 is 41.8. The summed E-state index contributed by atoms with van der Waals surface area (Å²) in [6.45, 7) is 3.94. The lowest BCUT2D eigenvalue weighted by atomic mass is 9.79. The second-order valence-corrected chi connectivity index (χ2v) is 13.3. The van der Waals surface area contributed by atoms with E-state index in [1.807, 2.05) is 19.1 Å². The van der Waals surface area contributed by atoms with Crippen LogP contribution < -0.4 is 20.4 Å². The van der Waals surface area contributed by atoms with Crippen molar-refractivity contribution in [2.24, 2.45) is 5.10 Å². The van der Waals surface area contributed by atoms with E-state index in [-0.39, 0.29) is 16.1 Å². The average molecular weight is 600 g/mol. The zero-order valence-corrected chi connectivity index (χ0v) is 25.4. The van der Waals surface area contributed by atoms with E-state index < -0.39 is 22.0 Å². The number of hydrogen-bond acceptors (Lipinski definition) is 6. The lowest BCUT2D eigenvalue weighted by Gasteiger charge is -2.41. The van der Waals surface area contributed by atoms with Crippen molar-refractivity contribution in [3.63, 3.8) is 0 Å². The Morgan fingerprint density at radius 3 is 2.44 bits per heavy atom. The highest BCUT2D eigenvalue weighted by molar-refractivity contribution is 7.89. The third-order valence-corrected chi connectivity index (χ3v) is 10.1. The summed E-state index contributed by atoms with van der Waals surface area (Å²) in [6, 6.07) is 19.9. The standard InChI is InChI=1S/C34H37N3O5S/c1-3-24-21-31(41-30-22-29-26(20-28(24)30)16-19-34(42-29)17-8-5-9-18-34)35-36-33(38)32(25-10-6-4-7-11-25)37-43(39,40)27-14-12-23(2)13-15-27/h4,6-7,10-15,20-22,32,37H,3,5,8-9,16-19H2,1-2H3,(H,36,38)/b35-31+/t32-/m1/s1. The molecular weight excluding hydrogens is 562 g/mol. The molecule has 0 bridgehead atoms. The highest BCUT2D eigenvalue weighted by Gasteiger charge is 2.37. The van der Waals surface area contributed by atoms with Gasteiger partial charge in [-0.2, -0.15) is 4.72 Å². The molecule has 43 heavy (non-hydrogen) atoms. The minimum atomic E-state index is -4.00. The summed E-state index contributed by atoms with van der Waals surface area (Å²) in [4.78, 5) is 13.5. The maximum Gasteiger partial charge on any atom is 0.262 e. The van der Waals surface area contributed by atoms with E-state index >= 15 is 0 Å². The Morgan fingerprint density at radius 2 is 1.72 bits per heavy atom. The number of ether oxygens (including phenoxy) is 1. The molecule has 1 atom stereocenters. The first-order valence-corrected chi connectivity index (χ1v) is 16.5. The molecular formula is C34H37N3O5S. The highest BCUT2D eigenvalue weighted by Crippen LogP contribution is 2.43. The quantitative estimate of drug-likeness (QED) is 0.254. The van der Waals surface area contributed by atoms with Gasteiger partial charge in [0.25, 0.3) is 5.91 Å². The van der Waals surface area contributed by atoms with Crippen molar-refractivity contribution in [2.75, 3.05) is 0 Å². The molecule has 1 amide bonds. The van der Waals surface area contributed by atoms with E-state index in [4.69, 9.17) is 9.15 Å². The first-order chi connectivity index (χ1) is 20.7. The Hall–Kier alpha value is -3.95. The Balaban J connectivity index is 1.30. The molecule has 1 aliphatic carbocycles. The van der Waals surface area contributed by atoms with Crippen LogP contribution in [0.25, 0.3) is 11.0 Å². The Bertz CT molecular complexity index is 1810. The van der Waals surface area contributed by atoms with Crippen LogP contribution in [0.4, 0.5) is 0 Å². The molecule has 1 aromatic heterocycles. The normalized spacial score (nSPS) is 17.3. The van der Waals surface area contributed by atoms with E-state index in [0.29, 0.717) is 11.1 Å². The fourth-order valence-corrected chi connectivity index (χ4v) is 7.36. The number of benzene rings is 3. The molecule has 1 aliphatic heterocycles. The molecule has 1 saturated carbocycles. The summed E-state index contributed by atoms with van der Waals surface area (Å²) >= 11 is 0. The molecule has 6 rings (SSSR count). The Morgan fingerprint density at radius 1 is 0.977 bits per heavy atom. The predicted molar refractivity (Wildman–Crippen MR) is 165 cm³/mol. The molecule has 0 saturated heterocycles. The van der Waals surface area contributed by atoms with Gasteiger partial charge in [-0.05, 0) is 86.8 Å². The van der Waals surface area contributed by atoms with Gasteiger partial charge in [0.15, 0.2) is 0 Å². The van der Waals surface area contributed by atoms with Crippen molar-refractivity contribution in [1.82, 2.24) is 10.1 Å². The molecule has 2 aliphatic rings. The van der Waals surface area contributed by atoms with Crippen LogP contribution in [0.2, 0.25) is 0 Å². The highest BCUT2D eigenvalue weighted by atomic mass is 32.2. The number of carbonyl (C=O) groups excluding carboxylic acids is 1. The van der Waals surface area contributed by atoms with Crippen molar-refractivity contribution in [2.45, 2.75) is 81.8 Å². The molecule has 1 fully saturated rings. The van der Waals surface area contributed by atoms with Crippen LogP contribution in [0, 0.1) is 6.92 Å². The van der Waals surface area contributed by atoms with Crippen molar-refractivity contribution >= 4 is 26.9 Å². The van der Waals surface area contributed by atoms with Gasteiger partial charge < -0.3 is 9.15 Å². The van der Waals surface area contributed by atoms with Gasteiger partial charge in [0, 0.05) is 17.5 Å². The fourth-order valence-electron chi connectivity index (χ4n) is 6.18. The van der Waals surface area contributed by atoms with Gasteiger partial charge in [-0.15, -0.1) is 5.10 Å². The van der Waals surface area contributed by atoms with Gasteiger partial charge >= 0.3 is 0 Å². The summed E-state index contributed by atoms with van der Waals surface area (Å²) in [5, 5.41) is 5.28.